The van der Waals surface area contributed by atoms with Crippen LogP contribution in [0, 0.1) is 12.3 Å². The van der Waals surface area contributed by atoms with Crippen molar-refractivity contribution in [2.45, 2.75) is 33.7 Å². The Labute approximate surface area is 126 Å². The van der Waals surface area contributed by atoms with Crippen molar-refractivity contribution in [2.24, 2.45) is 11.1 Å². The average molecular weight is 291 g/mol. The fourth-order valence-corrected chi connectivity index (χ4v) is 1.66. The molecule has 116 valence electrons. The Morgan fingerprint density at radius 1 is 1.10 bits per heavy atom. The summed E-state index contributed by atoms with van der Waals surface area (Å²) in [6.07, 6.45) is 0. The van der Waals surface area contributed by atoms with Crippen molar-refractivity contribution in [3.63, 3.8) is 0 Å². The zero-order valence-corrected chi connectivity index (χ0v) is 13.2. The normalized spacial score (nSPS) is 12.6. The van der Waals surface area contributed by atoms with Gasteiger partial charge >= 0.3 is 0 Å². The molecule has 0 bridgehead atoms. The first-order valence-electron chi connectivity index (χ1n) is 7.10. The van der Waals surface area contributed by atoms with Gasteiger partial charge in [-0.25, -0.2) is 0 Å². The van der Waals surface area contributed by atoms with Crippen LogP contribution in [0.25, 0.3) is 0 Å². The maximum Gasteiger partial charge on any atom is 0.241 e. The van der Waals surface area contributed by atoms with Crippen LogP contribution >= 0.6 is 0 Å². The third-order valence-electron chi connectivity index (χ3n) is 3.11. The molecule has 1 unspecified atom stereocenters. The van der Waals surface area contributed by atoms with Crippen molar-refractivity contribution in [2.75, 3.05) is 13.1 Å². The van der Waals surface area contributed by atoms with Crippen LogP contribution in [0.15, 0.2) is 24.3 Å². The van der Waals surface area contributed by atoms with Crippen LogP contribution in [-0.4, -0.2) is 24.9 Å². The number of aryl methyl sites for hydroxylation is 1. The van der Waals surface area contributed by atoms with Crippen molar-refractivity contribution in [3.8, 4) is 0 Å². The van der Waals surface area contributed by atoms with Crippen LogP contribution in [0.1, 0.15) is 37.9 Å². The summed E-state index contributed by atoms with van der Waals surface area (Å²) in [6, 6.07) is 6.85. The average Bonchev–Trinajstić information content (AvgIpc) is 2.42. The van der Waals surface area contributed by atoms with E-state index in [4.69, 9.17) is 5.73 Å². The lowest BCUT2D eigenvalue weighted by molar-refractivity contribution is -0.128. The molecule has 0 fully saturated rings. The third kappa shape index (κ3) is 5.55. The van der Waals surface area contributed by atoms with Gasteiger partial charge in [0.15, 0.2) is 0 Å². The SMILES string of the molecule is Cc1ccc(C(N)C(=O)NCCNC(=O)C(C)(C)C)cc1. The number of amides is 2. The van der Waals surface area contributed by atoms with Crippen molar-refractivity contribution >= 4 is 11.8 Å². The van der Waals surface area contributed by atoms with Gasteiger partial charge in [0.05, 0.1) is 0 Å². The van der Waals surface area contributed by atoms with E-state index in [1.807, 2.05) is 52.0 Å². The third-order valence-corrected chi connectivity index (χ3v) is 3.11. The lowest BCUT2D eigenvalue weighted by Gasteiger charge is -2.18. The first-order valence-corrected chi connectivity index (χ1v) is 7.10. The van der Waals surface area contributed by atoms with E-state index in [1.165, 1.54) is 0 Å². The predicted molar refractivity (Wildman–Crippen MR) is 83.6 cm³/mol. The Kier molecular flexibility index (Phi) is 5.90. The van der Waals surface area contributed by atoms with Crippen molar-refractivity contribution < 1.29 is 9.59 Å². The first-order chi connectivity index (χ1) is 9.71. The number of hydrogen-bond donors (Lipinski definition) is 3. The first kappa shape index (κ1) is 17.2. The number of carbonyl (C=O) groups is 2. The second kappa shape index (κ2) is 7.22. The summed E-state index contributed by atoms with van der Waals surface area (Å²) in [5.41, 5.74) is 7.37. The Bertz CT molecular complexity index is 489. The predicted octanol–water partition coefficient (Wildman–Crippen LogP) is 1.27. The summed E-state index contributed by atoms with van der Waals surface area (Å²) in [5.74, 6) is -0.288. The molecule has 1 rings (SSSR count). The zero-order valence-electron chi connectivity index (χ0n) is 13.2. The molecule has 5 heteroatoms. The molecule has 0 saturated heterocycles. The number of hydrogen-bond acceptors (Lipinski definition) is 3. The van der Waals surface area contributed by atoms with Crippen LogP contribution in [0.5, 0.6) is 0 Å². The van der Waals surface area contributed by atoms with Crippen LogP contribution < -0.4 is 16.4 Å². The van der Waals surface area contributed by atoms with Crippen LogP contribution in [0.2, 0.25) is 0 Å². The van der Waals surface area contributed by atoms with E-state index in [9.17, 15) is 9.59 Å². The standard InChI is InChI=1S/C16H25N3O2/c1-11-5-7-12(8-6-11)13(17)14(20)18-9-10-19-15(21)16(2,3)4/h5-8,13H,9-10,17H2,1-4H3,(H,18,20)(H,19,21). The van der Waals surface area contributed by atoms with Crippen molar-refractivity contribution in [1.82, 2.24) is 10.6 Å². The molecule has 0 radical (unpaired) electrons. The fourth-order valence-electron chi connectivity index (χ4n) is 1.66. The Morgan fingerprint density at radius 2 is 1.62 bits per heavy atom. The molecule has 0 aromatic heterocycles. The molecular weight excluding hydrogens is 266 g/mol. The number of carbonyl (C=O) groups excluding carboxylic acids is 2. The molecule has 0 aliphatic rings. The quantitative estimate of drug-likeness (QED) is 0.714. The lowest BCUT2D eigenvalue weighted by atomic mass is 9.96. The number of rotatable bonds is 5. The number of benzene rings is 1. The second-order valence-electron chi connectivity index (χ2n) is 6.19. The minimum atomic E-state index is -0.691. The summed E-state index contributed by atoms with van der Waals surface area (Å²) >= 11 is 0. The smallest absolute Gasteiger partial charge is 0.241 e. The Morgan fingerprint density at radius 3 is 2.14 bits per heavy atom. The van der Waals surface area contributed by atoms with E-state index in [2.05, 4.69) is 10.6 Å². The molecule has 0 aliphatic carbocycles. The second-order valence-corrected chi connectivity index (χ2v) is 6.19. The monoisotopic (exact) mass is 291 g/mol. The van der Waals surface area contributed by atoms with Crippen LogP contribution in [0.4, 0.5) is 0 Å². The highest BCUT2D eigenvalue weighted by molar-refractivity contribution is 5.83. The van der Waals surface area contributed by atoms with Gasteiger partial charge in [0, 0.05) is 18.5 Å². The van der Waals surface area contributed by atoms with Gasteiger partial charge in [-0.05, 0) is 12.5 Å². The topological polar surface area (TPSA) is 84.2 Å². The molecule has 2 amide bonds. The minimum Gasteiger partial charge on any atom is -0.354 e. The molecule has 1 atom stereocenters. The highest BCUT2D eigenvalue weighted by Gasteiger charge is 2.20. The van der Waals surface area contributed by atoms with Crippen molar-refractivity contribution in [1.29, 1.82) is 0 Å². The molecule has 0 saturated carbocycles. The fraction of sp³-hybridized carbons (Fsp3) is 0.500. The van der Waals surface area contributed by atoms with Gasteiger partial charge in [-0.2, -0.15) is 0 Å². The largest absolute Gasteiger partial charge is 0.354 e. The summed E-state index contributed by atoms with van der Waals surface area (Å²) < 4.78 is 0. The van der Waals surface area contributed by atoms with Gasteiger partial charge in [-0.15, -0.1) is 0 Å². The summed E-state index contributed by atoms with van der Waals surface area (Å²) in [5, 5.41) is 5.49. The lowest BCUT2D eigenvalue weighted by Crippen LogP contribution is -2.42. The molecule has 5 nitrogen and oxygen atoms in total. The van der Waals surface area contributed by atoms with Crippen LogP contribution in [-0.2, 0) is 9.59 Å². The molecule has 4 N–H and O–H groups in total. The number of nitrogens with two attached hydrogens (primary N) is 1. The number of nitrogens with one attached hydrogen (secondary N) is 2. The van der Waals surface area contributed by atoms with E-state index < -0.39 is 11.5 Å². The maximum atomic E-state index is 11.9. The van der Waals surface area contributed by atoms with Crippen molar-refractivity contribution in [3.05, 3.63) is 35.4 Å². The molecule has 0 spiro atoms. The molecule has 0 aliphatic heterocycles. The van der Waals surface area contributed by atoms with E-state index >= 15 is 0 Å². The molecule has 0 heterocycles. The van der Waals surface area contributed by atoms with Gasteiger partial charge in [0.25, 0.3) is 0 Å². The summed E-state index contributed by atoms with van der Waals surface area (Å²) in [4.78, 5) is 23.6. The van der Waals surface area contributed by atoms with Gasteiger partial charge < -0.3 is 16.4 Å². The molecule has 21 heavy (non-hydrogen) atoms. The highest BCUT2D eigenvalue weighted by atomic mass is 16.2. The molecule has 1 aromatic carbocycles. The van der Waals surface area contributed by atoms with E-state index in [0.29, 0.717) is 13.1 Å². The van der Waals surface area contributed by atoms with Gasteiger partial charge in [0.2, 0.25) is 11.8 Å². The summed E-state index contributed by atoms with van der Waals surface area (Å²) in [7, 11) is 0. The van der Waals surface area contributed by atoms with Crippen LogP contribution in [0.3, 0.4) is 0 Å². The summed E-state index contributed by atoms with van der Waals surface area (Å²) in [6.45, 7) is 8.26. The van der Waals surface area contributed by atoms with Gasteiger partial charge in [-0.3, -0.25) is 9.59 Å². The van der Waals surface area contributed by atoms with E-state index in [1.54, 1.807) is 0 Å². The Hall–Kier alpha value is -1.88. The van der Waals surface area contributed by atoms with Gasteiger partial charge in [-0.1, -0.05) is 50.6 Å². The minimum absolute atomic E-state index is 0.0421. The molecule has 1 aromatic rings. The Balaban J connectivity index is 2.37. The van der Waals surface area contributed by atoms with E-state index in [0.717, 1.165) is 11.1 Å². The van der Waals surface area contributed by atoms with E-state index in [-0.39, 0.29) is 11.8 Å². The zero-order chi connectivity index (χ0) is 16.0. The highest BCUT2D eigenvalue weighted by Crippen LogP contribution is 2.12. The maximum absolute atomic E-state index is 11.9. The van der Waals surface area contributed by atoms with Gasteiger partial charge in [0.1, 0.15) is 6.04 Å². The molecular formula is C16H25N3O2.